The second kappa shape index (κ2) is 16.7. The van der Waals surface area contributed by atoms with Crippen LogP contribution in [0.4, 0.5) is 31.1 Å². The molecule has 0 radical (unpaired) electrons. The molecule has 7 nitrogen and oxygen atoms in total. The van der Waals surface area contributed by atoms with Gasteiger partial charge in [-0.05, 0) is 144 Å². The molecule has 3 aliphatic carbocycles. The Labute approximate surface area is 318 Å². The first-order valence-electron chi connectivity index (χ1n) is 20.0. The lowest BCUT2D eigenvalue weighted by Gasteiger charge is -2.51. The van der Waals surface area contributed by atoms with Gasteiger partial charge in [-0.3, -0.25) is 9.00 Å². The van der Waals surface area contributed by atoms with Gasteiger partial charge in [-0.2, -0.15) is 22.0 Å². The summed E-state index contributed by atoms with van der Waals surface area (Å²) in [6.07, 6.45) is -1.72. The van der Waals surface area contributed by atoms with Gasteiger partial charge in [0, 0.05) is 59.3 Å². The first kappa shape index (κ1) is 41.4. The largest absolute Gasteiger partial charge is 0.453 e. The Balaban J connectivity index is 1.12. The van der Waals surface area contributed by atoms with Crippen LogP contribution in [0.2, 0.25) is 0 Å². The third kappa shape index (κ3) is 8.85. The number of Topliss-reactive ketones (excluding diaryl/α,β-unsaturated/α-hetero) is 1. The van der Waals surface area contributed by atoms with Crippen LogP contribution < -0.4 is 10.1 Å². The maximum atomic E-state index is 15.1. The second-order valence-electron chi connectivity index (χ2n) is 17.0. The van der Waals surface area contributed by atoms with Crippen molar-refractivity contribution in [1.82, 2.24) is 15.1 Å². The van der Waals surface area contributed by atoms with Gasteiger partial charge >= 0.3 is 18.2 Å². The maximum Gasteiger partial charge on any atom is 0.453 e. The van der Waals surface area contributed by atoms with Crippen LogP contribution in [0.1, 0.15) is 107 Å². The molecule has 2 aliphatic heterocycles. The van der Waals surface area contributed by atoms with Crippen LogP contribution in [0.5, 0.6) is 5.75 Å². The highest BCUT2D eigenvalue weighted by Crippen LogP contribution is 2.62. The van der Waals surface area contributed by atoms with E-state index >= 15 is 4.39 Å². The molecule has 4 fully saturated rings. The number of piperidine rings is 2. The van der Waals surface area contributed by atoms with E-state index in [2.05, 4.69) is 28.2 Å². The molecule has 6 rings (SSSR count). The van der Waals surface area contributed by atoms with Gasteiger partial charge in [-0.15, -0.1) is 0 Å². The van der Waals surface area contributed by atoms with E-state index in [1.54, 1.807) is 0 Å². The number of nitrogens with one attached hydrogen (secondary N) is 1. The number of hydrogen-bond acceptors (Lipinski definition) is 6. The van der Waals surface area contributed by atoms with Gasteiger partial charge in [-0.25, -0.2) is 9.18 Å². The van der Waals surface area contributed by atoms with Crippen molar-refractivity contribution < 1.29 is 44.9 Å². The number of fused-ring (bicyclic) bond motifs is 5. The standard InChI is InChI=1S/C40H57F6N3O4S/c1-4-25-22-31-27(23-34(25)53-37(51)47-28-9-17-49(18-10-28)29-11-15-48(3)16-12-29)21-26(7-5-19-54(52)20-6-13-39(42,43)40(44,45)46)35-30(31)8-14-38(2)32(35)24-33(41)36(38)50/h22-23,26,28-30,32-33,35H,4-21,24H2,1-3H3,(H,47,51)/t26-,30-,32+,33?,35-,38+,54?/m1/s1. The van der Waals surface area contributed by atoms with E-state index in [0.29, 0.717) is 50.3 Å². The Kier molecular flexibility index (Phi) is 12.8. The molecular weight excluding hydrogens is 733 g/mol. The number of amides is 1. The smallest absolute Gasteiger partial charge is 0.410 e. The molecule has 54 heavy (non-hydrogen) atoms. The van der Waals surface area contributed by atoms with E-state index in [1.807, 2.05) is 19.9 Å². The molecule has 1 aromatic rings. The number of carbonyl (C=O) groups is 2. The number of hydrogen-bond donors (Lipinski definition) is 1. The molecular formula is C40H57F6N3O4S. The Hall–Kier alpha value is -2.19. The molecule has 14 heteroatoms. The molecule has 7 atom stereocenters. The first-order chi connectivity index (χ1) is 25.5. The van der Waals surface area contributed by atoms with Crippen LogP contribution >= 0.6 is 0 Å². The monoisotopic (exact) mass is 789 g/mol. The third-order valence-electron chi connectivity index (χ3n) is 13.6. The summed E-state index contributed by atoms with van der Waals surface area (Å²) < 4.78 is 98.3. The van der Waals surface area contributed by atoms with E-state index in [-0.39, 0.29) is 53.4 Å². The van der Waals surface area contributed by atoms with Crippen molar-refractivity contribution in [2.24, 2.45) is 23.2 Å². The summed E-state index contributed by atoms with van der Waals surface area (Å²) in [4.78, 5) is 31.3. The first-order valence-corrected chi connectivity index (χ1v) is 21.5. The fourth-order valence-electron chi connectivity index (χ4n) is 10.5. The highest BCUT2D eigenvalue weighted by atomic mass is 32.2. The quantitative estimate of drug-likeness (QED) is 0.217. The van der Waals surface area contributed by atoms with Crippen molar-refractivity contribution >= 4 is 22.7 Å². The summed E-state index contributed by atoms with van der Waals surface area (Å²) in [7, 11) is 0.588. The Bertz CT molecular complexity index is 1530. The highest BCUT2D eigenvalue weighted by molar-refractivity contribution is 7.84. The van der Waals surface area contributed by atoms with Gasteiger partial charge in [0.05, 0.1) is 0 Å². The van der Waals surface area contributed by atoms with E-state index in [4.69, 9.17) is 4.74 Å². The number of aryl methyl sites for hydroxylation is 1. The van der Waals surface area contributed by atoms with Crippen molar-refractivity contribution in [2.75, 3.05) is 44.7 Å². The summed E-state index contributed by atoms with van der Waals surface area (Å²) in [5, 5.41) is 3.10. The predicted octanol–water partition coefficient (Wildman–Crippen LogP) is 8.00. The van der Waals surface area contributed by atoms with E-state index < -0.39 is 53.4 Å². The van der Waals surface area contributed by atoms with Crippen LogP contribution in [-0.4, -0.2) is 101 Å². The third-order valence-corrected chi connectivity index (χ3v) is 15.1. The molecule has 5 aliphatic rings. The molecule has 1 amide bonds. The van der Waals surface area contributed by atoms with Crippen LogP contribution in [0.3, 0.4) is 0 Å². The topological polar surface area (TPSA) is 79.0 Å². The number of benzene rings is 1. The fourth-order valence-corrected chi connectivity index (χ4v) is 11.7. The van der Waals surface area contributed by atoms with Crippen LogP contribution in [0.15, 0.2) is 12.1 Å². The van der Waals surface area contributed by atoms with Gasteiger partial charge < -0.3 is 19.9 Å². The summed E-state index contributed by atoms with van der Waals surface area (Å²) in [6, 6.07) is 4.72. The number of nitrogens with zero attached hydrogens (tertiary/aromatic N) is 2. The Morgan fingerprint density at radius 2 is 1.70 bits per heavy atom. The minimum atomic E-state index is -5.63. The molecule has 1 N–H and O–H groups in total. The lowest BCUT2D eigenvalue weighted by Crippen LogP contribution is -2.51. The van der Waals surface area contributed by atoms with Gasteiger partial charge in [0.1, 0.15) is 5.75 Å². The Morgan fingerprint density at radius 1 is 1.02 bits per heavy atom. The number of ether oxygens (including phenoxy) is 1. The van der Waals surface area contributed by atoms with Crippen LogP contribution in [-0.2, 0) is 28.4 Å². The normalized spacial score (nSPS) is 30.8. The average molecular weight is 790 g/mol. The predicted molar refractivity (Wildman–Crippen MR) is 196 cm³/mol. The number of alkyl halides is 6. The molecule has 2 saturated heterocycles. The van der Waals surface area contributed by atoms with Gasteiger partial charge in [0.2, 0.25) is 0 Å². The highest BCUT2D eigenvalue weighted by Gasteiger charge is 2.60. The maximum absolute atomic E-state index is 15.1. The fraction of sp³-hybridized carbons (Fsp3) is 0.800. The zero-order chi connectivity index (χ0) is 39.0. The van der Waals surface area contributed by atoms with E-state index in [0.717, 1.165) is 55.7 Å². The molecule has 304 valence electrons. The number of likely N-dealkylation sites (tertiary alicyclic amines) is 2. The molecule has 2 unspecified atom stereocenters. The molecule has 0 bridgehead atoms. The molecule has 2 heterocycles. The van der Waals surface area contributed by atoms with Crippen molar-refractivity contribution in [1.29, 1.82) is 0 Å². The summed E-state index contributed by atoms with van der Waals surface area (Å²) in [5.41, 5.74) is 2.32. The zero-order valence-electron chi connectivity index (χ0n) is 31.8. The minimum Gasteiger partial charge on any atom is -0.410 e. The van der Waals surface area contributed by atoms with Crippen LogP contribution in [0, 0.1) is 23.2 Å². The van der Waals surface area contributed by atoms with Gasteiger partial charge in [-0.1, -0.05) is 19.9 Å². The van der Waals surface area contributed by atoms with E-state index in [1.165, 1.54) is 12.8 Å². The summed E-state index contributed by atoms with van der Waals surface area (Å²) in [6.45, 7) is 8.01. The number of halogens is 6. The Morgan fingerprint density at radius 3 is 2.37 bits per heavy atom. The number of rotatable bonds is 12. The lowest BCUT2D eigenvalue weighted by molar-refractivity contribution is -0.284. The molecule has 0 aromatic heterocycles. The van der Waals surface area contributed by atoms with Gasteiger partial charge in [0.15, 0.2) is 12.0 Å². The zero-order valence-corrected chi connectivity index (χ0v) is 32.7. The molecule has 0 spiro atoms. The van der Waals surface area contributed by atoms with Crippen molar-refractivity contribution in [3.63, 3.8) is 0 Å². The molecule has 1 aromatic carbocycles. The van der Waals surface area contributed by atoms with Gasteiger partial charge in [0.25, 0.3) is 0 Å². The van der Waals surface area contributed by atoms with E-state index in [9.17, 15) is 35.8 Å². The summed E-state index contributed by atoms with van der Waals surface area (Å²) >= 11 is 0. The average Bonchev–Trinajstić information content (AvgIpc) is 3.35. The number of ketones is 1. The molecule has 2 saturated carbocycles. The number of carbonyl (C=O) groups excluding carboxylic acids is 2. The van der Waals surface area contributed by atoms with Crippen molar-refractivity contribution in [3.8, 4) is 5.75 Å². The van der Waals surface area contributed by atoms with Crippen LogP contribution in [0.25, 0.3) is 0 Å². The summed E-state index contributed by atoms with van der Waals surface area (Å²) in [5.74, 6) is -4.82. The minimum absolute atomic E-state index is 0.0000206. The van der Waals surface area contributed by atoms with Crippen molar-refractivity contribution in [2.45, 2.75) is 134 Å². The SMILES string of the molecule is CCc1cc2c(cc1OC(=O)NC1CCN(C3CCN(C)CC3)CC1)C[C@@H](CCCS(=O)CCCC(F)(F)C(F)(F)F)[C@@H]1[C@@H]2CC[C@]2(C)C(=O)C(F)C[C@@H]12. The second-order valence-corrected chi connectivity index (χ2v) is 18.7. The lowest BCUT2D eigenvalue weighted by atomic mass is 9.52. The van der Waals surface area contributed by atoms with Crippen molar-refractivity contribution in [3.05, 3.63) is 28.8 Å².